The summed E-state index contributed by atoms with van der Waals surface area (Å²) in [6.07, 6.45) is 4.81. The summed E-state index contributed by atoms with van der Waals surface area (Å²) < 4.78 is 31.7. The second-order valence-corrected chi connectivity index (χ2v) is 8.84. The second kappa shape index (κ2) is 8.72. The summed E-state index contributed by atoms with van der Waals surface area (Å²) in [4.78, 5) is 13.8. The molecule has 138 valence electrons. The molecule has 7 heteroatoms. The standard InChI is InChI=1S/C17H29NO5S/c1-17(2,3)23-16(19)18(4)15-11-9-14(10-12-15)8-6-7-13-22-24(5,20)21/h14-15H,7,9-13H2,1-5H3. The van der Waals surface area contributed by atoms with Crippen molar-refractivity contribution in [2.75, 3.05) is 19.9 Å². The largest absolute Gasteiger partial charge is 0.444 e. The highest BCUT2D eigenvalue weighted by Crippen LogP contribution is 2.27. The zero-order valence-electron chi connectivity index (χ0n) is 15.3. The Morgan fingerprint density at radius 2 is 1.79 bits per heavy atom. The van der Waals surface area contributed by atoms with E-state index in [0.29, 0.717) is 12.3 Å². The number of ether oxygens (including phenoxy) is 1. The Morgan fingerprint density at radius 1 is 1.21 bits per heavy atom. The van der Waals surface area contributed by atoms with Crippen molar-refractivity contribution in [1.29, 1.82) is 0 Å². The van der Waals surface area contributed by atoms with Crippen LogP contribution in [-0.4, -0.2) is 51.0 Å². The van der Waals surface area contributed by atoms with Gasteiger partial charge in [0.05, 0.1) is 12.9 Å². The first-order valence-electron chi connectivity index (χ1n) is 8.26. The molecule has 1 aliphatic carbocycles. The number of hydrogen-bond acceptors (Lipinski definition) is 5. The van der Waals surface area contributed by atoms with Gasteiger partial charge < -0.3 is 9.64 Å². The van der Waals surface area contributed by atoms with Crippen LogP contribution >= 0.6 is 0 Å². The SMILES string of the molecule is CN(C(=O)OC(C)(C)C)C1CCC(C#CCCOS(C)(=O)=O)CC1. The molecule has 6 nitrogen and oxygen atoms in total. The summed E-state index contributed by atoms with van der Waals surface area (Å²) in [5, 5.41) is 0. The summed E-state index contributed by atoms with van der Waals surface area (Å²) in [6, 6.07) is 0.187. The van der Waals surface area contributed by atoms with Crippen LogP contribution in [0.1, 0.15) is 52.9 Å². The van der Waals surface area contributed by atoms with Crippen LogP contribution < -0.4 is 0 Å². The maximum atomic E-state index is 12.1. The van der Waals surface area contributed by atoms with Crippen LogP contribution in [0, 0.1) is 17.8 Å². The monoisotopic (exact) mass is 359 g/mol. The predicted molar refractivity (Wildman–Crippen MR) is 92.9 cm³/mol. The molecule has 0 aromatic rings. The van der Waals surface area contributed by atoms with E-state index in [-0.39, 0.29) is 18.7 Å². The zero-order chi connectivity index (χ0) is 18.4. The summed E-state index contributed by atoms with van der Waals surface area (Å²) in [6.45, 7) is 5.68. The van der Waals surface area contributed by atoms with E-state index in [2.05, 4.69) is 16.0 Å². The summed E-state index contributed by atoms with van der Waals surface area (Å²) in [5.74, 6) is 6.45. The summed E-state index contributed by atoms with van der Waals surface area (Å²) >= 11 is 0. The van der Waals surface area contributed by atoms with Crippen molar-refractivity contribution in [3.8, 4) is 11.8 Å². The lowest BCUT2D eigenvalue weighted by Gasteiger charge is -2.34. The van der Waals surface area contributed by atoms with Crippen LogP contribution in [0.4, 0.5) is 4.79 Å². The molecule has 0 unspecified atom stereocenters. The Bertz CT molecular complexity index is 574. The summed E-state index contributed by atoms with van der Waals surface area (Å²) in [5.41, 5.74) is -0.484. The molecule has 0 spiro atoms. The first kappa shape index (κ1) is 20.8. The number of carbonyl (C=O) groups is 1. The van der Waals surface area contributed by atoms with Crippen molar-refractivity contribution >= 4 is 16.2 Å². The smallest absolute Gasteiger partial charge is 0.410 e. The van der Waals surface area contributed by atoms with Crippen molar-refractivity contribution < 1.29 is 22.1 Å². The van der Waals surface area contributed by atoms with Gasteiger partial charge >= 0.3 is 6.09 Å². The molecule has 1 amide bonds. The third-order valence-corrected chi connectivity index (χ3v) is 4.35. The molecule has 0 aromatic carbocycles. The van der Waals surface area contributed by atoms with E-state index in [9.17, 15) is 13.2 Å². The molecular weight excluding hydrogens is 330 g/mol. The van der Waals surface area contributed by atoms with Gasteiger partial charge in [0.2, 0.25) is 0 Å². The van der Waals surface area contributed by atoms with Crippen molar-refractivity contribution in [2.24, 2.45) is 5.92 Å². The fraction of sp³-hybridized carbons (Fsp3) is 0.824. The van der Waals surface area contributed by atoms with Crippen molar-refractivity contribution in [3.63, 3.8) is 0 Å². The molecule has 0 aliphatic heterocycles. The highest BCUT2D eigenvalue weighted by Gasteiger charge is 2.28. The van der Waals surface area contributed by atoms with Crippen LogP contribution in [0.5, 0.6) is 0 Å². The van der Waals surface area contributed by atoms with E-state index < -0.39 is 15.7 Å². The van der Waals surface area contributed by atoms with Gasteiger partial charge in [-0.25, -0.2) is 4.79 Å². The van der Waals surface area contributed by atoms with Crippen LogP contribution in [0.25, 0.3) is 0 Å². The first-order chi connectivity index (χ1) is 11.0. The molecular formula is C17H29NO5S. The van der Waals surface area contributed by atoms with Crippen LogP contribution in [0.15, 0.2) is 0 Å². The highest BCUT2D eigenvalue weighted by molar-refractivity contribution is 7.85. The second-order valence-electron chi connectivity index (χ2n) is 7.19. The van der Waals surface area contributed by atoms with Crippen LogP contribution in [0.2, 0.25) is 0 Å². The minimum absolute atomic E-state index is 0.0998. The van der Waals surface area contributed by atoms with E-state index in [4.69, 9.17) is 4.74 Å². The Labute approximate surface area is 146 Å². The van der Waals surface area contributed by atoms with Gasteiger partial charge in [-0.1, -0.05) is 5.92 Å². The van der Waals surface area contributed by atoms with E-state index in [0.717, 1.165) is 31.9 Å². The topological polar surface area (TPSA) is 72.9 Å². The van der Waals surface area contributed by atoms with Gasteiger partial charge in [-0.05, 0) is 46.5 Å². The van der Waals surface area contributed by atoms with Gasteiger partial charge in [-0.15, -0.1) is 5.92 Å². The van der Waals surface area contributed by atoms with Gasteiger partial charge in [0, 0.05) is 25.4 Å². The van der Waals surface area contributed by atoms with Crippen molar-refractivity contribution in [2.45, 2.75) is 64.5 Å². The van der Waals surface area contributed by atoms with E-state index in [1.165, 1.54) is 0 Å². The molecule has 1 rings (SSSR count). The van der Waals surface area contributed by atoms with Gasteiger partial charge in [0.1, 0.15) is 5.60 Å². The van der Waals surface area contributed by atoms with Gasteiger partial charge in [0.15, 0.2) is 0 Å². The number of nitrogens with zero attached hydrogens (tertiary/aromatic N) is 1. The average molecular weight is 359 g/mol. The number of carbonyl (C=O) groups excluding carboxylic acids is 1. The van der Waals surface area contributed by atoms with Crippen LogP contribution in [0.3, 0.4) is 0 Å². The first-order valence-corrected chi connectivity index (χ1v) is 10.1. The molecule has 0 radical (unpaired) electrons. The molecule has 0 N–H and O–H groups in total. The highest BCUT2D eigenvalue weighted by atomic mass is 32.2. The number of hydrogen-bond donors (Lipinski definition) is 0. The lowest BCUT2D eigenvalue weighted by atomic mass is 9.86. The van der Waals surface area contributed by atoms with E-state index >= 15 is 0 Å². The fourth-order valence-corrected chi connectivity index (χ4v) is 2.94. The average Bonchev–Trinajstić information content (AvgIpc) is 2.44. The third-order valence-electron chi connectivity index (χ3n) is 3.76. The molecule has 1 fully saturated rings. The van der Waals surface area contributed by atoms with E-state index in [1.54, 1.807) is 11.9 Å². The Balaban J connectivity index is 2.35. The minimum Gasteiger partial charge on any atom is -0.444 e. The molecule has 1 aliphatic rings. The number of amides is 1. The predicted octanol–water partition coefficient (Wildman–Crippen LogP) is 2.78. The Morgan fingerprint density at radius 3 is 2.29 bits per heavy atom. The molecule has 1 saturated carbocycles. The van der Waals surface area contributed by atoms with Crippen molar-refractivity contribution in [3.05, 3.63) is 0 Å². The molecule has 0 atom stereocenters. The third kappa shape index (κ3) is 8.55. The Kier molecular flexibility index (Phi) is 7.56. The lowest BCUT2D eigenvalue weighted by molar-refractivity contribution is 0.0180. The molecule has 24 heavy (non-hydrogen) atoms. The molecule has 0 bridgehead atoms. The zero-order valence-corrected chi connectivity index (χ0v) is 16.1. The quantitative estimate of drug-likeness (QED) is 0.438. The van der Waals surface area contributed by atoms with Gasteiger partial charge in [-0.3, -0.25) is 4.18 Å². The van der Waals surface area contributed by atoms with E-state index in [1.807, 2.05) is 20.8 Å². The molecule has 0 saturated heterocycles. The van der Waals surface area contributed by atoms with Crippen molar-refractivity contribution in [1.82, 2.24) is 4.90 Å². The normalized spacial score (nSPS) is 21.5. The van der Waals surface area contributed by atoms with Gasteiger partial charge in [0.25, 0.3) is 10.1 Å². The Hall–Kier alpha value is -1.26. The maximum absolute atomic E-state index is 12.1. The fourth-order valence-electron chi connectivity index (χ4n) is 2.55. The summed E-state index contributed by atoms with van der Waals surface area (Å²) in [7, 11) is -1.60. The minimum atomic E-state index is -3.38. The van der Waals surface area contributed by atoms with Crippen LogP contribution in [-0.2, 0) is 19.0 Å². The maximum Gasteiger partial charge on any atom is 0.410 e. The molecule has 0 heterocycles. The lowest BCUT2D eigenvalue weighted by Crippen LogP contribution is -2.42. The van der Waals surface area contributed by atoms with Gasteiger partial charge in [-0.2, -0.15) is 8.42 Å². The number of rotatable bonds is 4. The molecule has 0 aromatic heterocycles.